The van der Waals surface area contributed by atoms with Crippen molar-refractivity contribution in [1.29, 1.82) is 0 Å². The summed E-state index contributed by atoms with van der Waals surface area (Å²) in [7, 11) is 0. The topological polar surface area (TPSA) is 171 Å². The fourth-order valence-electron chi connectivity index (χ4n) is 7.72. The van der Waals surface area contributed by atoms with Crippen LogP contribution in [0.25, 0.3) is 0 Å². The first kappa shape index (κ1) is 35.2. The van der Waals surface area contributed by atoms with Gasteiger partial charge in [0.2, 0.25) is 12.0 Å². The van der Waals surface area contributed by atoms with E-state index in [-0.39, 0.29) is 6.61 Å². The molecule has 6 rings (SSSR count). The smallest absolute Gasteiger partial charge is 0.352 e. The molecule has 2 saturated heterocycles. The highest BCUT2D eigenvalue weighted by Crippen LogP contribution is 2.48. The summed E-state index contributed by atoms with van der Waals surface area (Å²) in [4.78, 5) is 65.5. The maximum Gasteiger partial charge on any atom is 0.352 e. The third-order valence-corrected chi connectivity index (χ3v) is 9.80. The van der Waals surface area contributed by atoms with E-state index in [1.807, 2.05) is 0 Å². The summed E-state index contributed by atoms with van der Waals surface area (Å²) in [5.41, 5.74) is 0.378. The fraction of sp³-hybridized carbons (Fsp3) is 0.686. The molecule has 2 spiro atoms. The lowest BCUT2D eigenvalue weighted by Gasteiger charge is -2.36. The van der Waals surface area contributed by atoms with Gasteiger partial charge in [0, 0.05) is 45.1 Å². The molecule has 2 heterocycles. The minimum atomic E-state index is -1.45. The Morgan fingerprint density at radius 1 is 0.755 bits per heavy atom. The van der Waals surface area contributed by atoms with Crippen LogP contribution in [0.2, 0.25) is 0 Å². The quantitative estimate of drug-likeness (QED) is 0.297. The Hall–Kier alpha value is -3.59. The number of benzene rings is 1. The minimum absolute atomic E-state index is 0.0715. The molecule has 1 N–H and O–H groups in total. The second-order valence-corrected chi connectivity index (χ2v) is 13.4. The van der Waals surface area contributed by atoms with Crippen LogP contribution >= 0.6 is 0 Å². The summed E-state index contributed by atoms with van der Waals surface area (Å²) in [6.07, 6.45) is -1.23. The number of carbonyl (C=O) groups is 5. The lowest BCUT2D eigenvalue weighted by Crippen LogP contribution is -2.54. The number of hydrogen-bond acceptors (Lipinski definition) is 13. The van der Waals surface area contributed by atoms with E-state index in [1.165, 1.54) is 13.8 Å². The first-order valence-corrected chi connectivity index (χ1v) is 17.3. The third-order valence-electron chi connectivity index (χ3n) is 9.80. The van der Waals surface area contributed by atoms with Gasteiger partial charge < -0.3 is 43.2 Å². The molecule has 0 radical (unpaired) electrons. The molecule has 0 bridgehead atoms. The fourth-order valence-corrected chi connectivity index (χ4v) is 7.72. The molecule has 5 fully saturated rings. The first-order chi connectivity index (χ1) is 23.5. The number of carbonyl (C=O) groups excluding carboxylic acids is 5. The number of fused-ring (bicyclic) bond motifs is 1. The van der Waals surface area contributed by atoms with Crippen molar-refractivity contribution in [2.75, 3.05) is 6.61 Å². The average Bonchev–Trinajstić information content (AvgIpc) is 3.70. The van der Waals surface area contributed by atoms with Gasteiger partial charge in [0.25, 0.3) is 0 Å². The molecule has 1 aromatic carbocycles. The molecule has 0 unspecified atom stereocenters. The Morgan fingerprint density at radius 3 is 1.82 bits per heavy atom. The largest absolute Gasteiger partial charge is 0.464 e. The number of amides is 1. The highest BCUT2D eigenvalue weighted by Gasteiger charge is 2.66. The Morgan fingerprint density at radius 2 is 1.29 bits per heavy atom. The molecular formula is C35H45NO13. The van der Waals surface area contributed by atoms with Gasteiger partial charge in [-0.25, -0.2) is 14.4 Å². The number of nitrogens with one attached hydrogen (secondary N) is 1. The molecule has 268 valence electrons. The molecule has 2 aliphatic heterocycles. The van der Waals surface area contributed by atoms with Crippen LogP contribution < -0.4 is 5.32 Å². The lowest BCUT2D eigenvalue weighted by atomic mass is 9.94. The predicted octanol–water partition coefficient (Wildman–Crippen LogP) is 3.08. The SMILES string of the molecule is CCOC(=O)[C@@H]1OC2(CCCCC2)O[C@H]1C(=O)O[C@H]1[C@H](NC(C)=O)[C@@H](OC(=O)[C@@H](OC(C)=O)c2ccccc2)[C@@H]2OC3(CCCCC3)O[C@@H]21. The average molecular weight is 688 g/mol. The van der Waals surface area contributed by atoms with E-state index in [2.05, 4.69) is 5.32 Å². The van der Waals surface area contributed by atoms with Crippen LogP contribution in [0.4, 0.5) is 0 Å². The van der Waals surface area contributed by atoms with Gasteiger partial charge in [-0.05, 0) is 32.6 Å². The van der Waals surface area contributed by atoms with Crippen LogP contribution in [0.5, 0.6) is 0 Å². The summed E-state index contributed by atoms with van der Waals surface area (Å²) in [5, 5.41) is 2.77. The second-order valence-electron chi connectivity index (χ2n) is 13.4. The van der Waals surface area contributed by atoms with E-state index in [1.54, 1.807) is 37.3 Å². The Bertz CT molecular complexity index is 1390. The van der Waals surface area contributed by atoms with Crippen molar-refractivity contribution in [3.8, 4) is 0 Å². The normalized spacial score (nSPS) is 31.8. The van der Waals surface area contributed by atoms with Crippen molar-refractivity contribution >= 4 is 29.8 Å². The zero-order chi connectivity index (χ0) is 34.8. The molecule has 1 amide bonds. The van der Waals surface area contributed by atoms with Crippen molar-refractivity contribution in [3.05, 3.63) is 35.9 Å². The van der Waals surface area contributed by atoms with Gasteiger partial charge in [0.1, 0.15) is 18.2 Å². The lowest BCUT2D eigenvalue weighted by molar-refractivity contribution is -0.225. The maximum absolute atomic E-state index is 14.1. The van der Waals surface area contributed by atoms with Crippen LogP contribution in [-0.2, 0) is 61.9 Å². The van der Waals surface area contributed by atoms with Gasteiger partial charge in [-0.1, -0.05) is 43.2 Å². The molecule has 14 heteroatoms. The summed E-state index contributed by atoms with van der Waals surface area (Å²) < 4.78 is 48.2. The minimum Gasteiger partial charge on any atom is -0.464 e. The zero-order valence-corrected chi connectivity index (χ0v) is 28.1. The monoisotopic (exact) mass is 687 g/mol. The van der Waals surface area contributed by atoms with E-state index in [9.17, 15) is 24.0 Å². The summed E-state index contributed by atoms with van der Waals surface area (Å²) in [5.74, 6) is -5.91. The first-order valence-electron chi connectivity index (χ1n) is 17.3. The second kappa shape index (κ2) is 14.7. The van der Waals surface area contributed by atoms with Crippen LogP contribution in [0.15, 0.2) is 30.3 Å². The van der Waals surface area contributed by atoms with Crippen molar-refractivity contribution in [2.24, 2.45) is 0 Å². The van der Waals surface area contributed by atoms with Gasteiger partial charge in [-0.15, -0.1) is 0 Å². The van der Waals surface area contributed by atoms with Crippen molar-refractivity contribution in [3.63, 3.8) is 0 Å². The maximum atomic E-state index is 14.1. The number of esters is 4. The van der Waals surface area contributed by atoms with E-state index in [0.717, 1.165) is 38.5 Å². The van der Waals surface area contributed by atoms with E-state index in [4.69, 9.17) is 37.9 Å². The molecule has 3 saturated carbocycles. The van der Waals surface area contributed by atoms with Crippen LogP contribution in [-0.4, -0.2) is 90.6 Å². The van der Waals surface area contributed by atoms with Gasteiger partial charge >= 0.3 is 23.9 Å². The predicted molar refractivity (Wildman–Crippen MR) is 166 cm³/mol. The Balaban J connectivity index is 1.31. The van der Waals surface area contributed by atoms with Crippen LogP contribution in [0.3, 0.4) is 0 Å². The van der Waals surface area contributed by atoms with Crippen molar-refractivity contribution < 1.29 is 61.9 Å². The Labute approximate surface area is 284 Å². The van der Waals surface area contributed by atoms with Crippen molar-refractivity contribution in [2.45, 2.75) is 145 Å². The molecule has 14 nitrogen and oxygen atoms in total. The summed E-state index contributed by atoms with van der Waals surface area (Å²) >= 11 is 0. The molecule has 8 atom stereocenters. The number of ether oxygens (including phenoxy) is 8. The molecule has 3 aliphatic carbocycles. The van der Waals surface area contributed by atoms with Crippen molar-refractivity contribution in [1.82, 2.24) is 5.32 Å². The molecule has 49 heavy (non-hydrogen) atoms. The number of hydrogen-bond donors (Lipinski definition) is 1. The van der Waals surface area contributed by atoms with Gasteiger partial charge in [0.05, 0.1) is 6.61 Å². The molecule has 0 aromatic heterocycles. The van der Waals surface area contributed by atoms with Crippen LogP contribution in [0, 0.1) is 0 Å². The van der Waals surface area contributed by atoms with E-state index >= 15 is 0 Å². The standard InChI is InChI=1S/C35H45NO13/c1-4-42-31(39)29-30(49-35(48-29)18-12-7-13-19-35)33(41)45-26-23(36-20(2)37)25(27-28(26)47-34(46-27)16-10-6-11-17-34)44-32(40)24(43-21(3)38)22-14-8-5-9-15-22/h5,8-9,14-15,23-30H,4,6-7,10-13,16-19H2,1-3H3,(H,36,37)/t23-,24+,25-,26+,27+,28-,29-,30-/m1/s1. The van der Waals surface area contributed by atoms with Gasteiger partial charge in [-0.3, -0.25) is 9.59 Å². The van der Waals surface area contributed by atoms with Gasteiger partial charge in [0.15, 0.2) is 36.0 Å². The van der Waals surface area contributed by atoms with E-state index in [0.29, 0.717) is 31.2 Å². The van der Waals surface area contributed by atoms with E-state index < -0.39 is 90.1 Å². The molecule has 1 aromatic rings. The molecular weight excluding hydrogens is 642 g/mol. The number of rotatable bonds is 9. The summed E-state index contributed by atoms with van der Waals surface area (Å²) in [6.45, 7) is 4.18. The van der Waals surface area contributed by atoms with Crippen LogP contribution in [0.1, 0.15) is 96.6 Å². The summed E-state index contributed by atoms with van der Waals surface area (Å²) in [6, 6.07) is 7.24. The highest BCUT2D eigenvalue weighted by molar-refractivity contribution is 5.86. The third kappa shape index (κ3) is 7.47. The Kier molecular flexibility index (Phi) is 10.6. The van der Waals surface area contributed by atoms with Gasteiger partial charge in [-0.2, -0.15) is 0 Å². The molecule has 5 aliphatic rings. The highest BCUT2D eigenvalue weighted by atomic mass is 16.8. The zero-order valence-electron chi connectivity index (χ0n) is 28.1.